The molecule has 0 spiro atoms. The number of hydrogen-bond acceptors (Lipinski definition) is 3. The number of piperidine rings is 1. The summed E-state index contributed by atoms with van der Waals surface area (Å²) in [7, 11) is 4.01. The molecule has 0 amide bonds. The second kappa shape index (κ2) is 5.59. The number of ether oxygens (including phenoxy) is 1. The molecule has 1 aromatic carbocycles. The highest BCUT2D eigenvalue weighted by Gasteiger charge is 2.59. The summed E-state index contributed by atoms with van der Waals surface area (Å²) in [4.78, 5) is 15.5. The van der Waals surface area contributed by atoms with Gasteiger partial charge in [-0.15, -0.1) is 0 Å². The monoisotopic (exact) mass is 327 g/mol. The van der Waals surface area contributed by atoms with Gasteiger partial charge in [0.1, 0.15) is 11.5 Å². The Balaban J connectivity index is 1.92. The summed E-state index contributed by atoms with van der Waals surface area (Å²) in [5.74, 6) is 2.69. The number of methoxy groups -OCH3 is 1. The van der Waals surface area contributed by atoms with Crippen molar-refractivity contribution in [3.05, 3.63) is 29.3 Å². The van der Waals surface area contributed by atoms with E-state index < -0.39 is 0 Å². The van der Waals surface area contributed by atoms with Gasteiger partial charge >= 0.3 is 0 Å². The lowest BCUT2D eigenvalue weighted by molar-refractivity contribution is -0.138. The van der Waals surface area contributed by atoms with Crippen molar-refractivity contribution in [3.8, 4) is 5.75 Å². The maximum atomic E-state index is 12.9. The maximum absolute atomic E-state index is 12.9. The number of likely N-dealkylation sites (N-methyl/N-ethyl adjacent to an activating group) is 1. The molecule has 1 saturated heterocycles. The third-order valence-corrected chi connectivity index (χ3v) is 7.38. The molecule has 5 atom stereocenters. The van der Waals surface area contributed by atoms with Gasteiger partial charge in [-0.2, -0.15) is 0 Å². The number of nitrogens with zero attached hydrogens (tertiary/aromatic N) is 1. The Bertz CT molecular complexity index is 670. The van der Waals surface area contributed by atoms with Crippen LogP contribution in [0.5, 0.6) is 5.75 Å². The normalized spacial score (nSPS) is 38.4. The lowest BCUT2D eigenvalue weighted by atomic mass is 9.47. The molecule has 2 bridgehead atoms. The van der Waals surface area contributed by atoms with Crippen LogP contribution in [0.3, 0.4) is 0 Å². The van der Waals surface area contributed by atoms with Crippen LogP contribution in [-0.2, 0) is 16.6 Å². The van der Waals surface area contributed by atoms with Crippen molar-refractivity contribution in [3.63, 3.8) is 0 Å². The smallest absolute Gasteiger partial charge is 0.136 e. The van der Waals surface area contributed by atoms with E-state index in [2.05, 4.69) is 44.0 Å². The van der Waals surface area contributed by atoms with E-state index in [4.69, 9.17) is 4.74 Å². The van der Waals surface area contributed by atoms with Gasteiger partial charge in [-0.25, -0.2) is 0 Å². The fourth-order valence-corrected chi connectivity index (χ4v) is 6.12. The summed E-state index contributed by atoms with van der Waals surface area (Å²) < 4.78 is 5.52. The van der Waals surface area contributed by atoms with Crippen molar-refractivity contribution in [1.82, 2.24) is 4.90 Å². The lowest BCUT2D eigenvalue weighted by Crippen LogP contribution is -2.65. The summed E-state index contributed by atoms with van der Waals surface area (Å²) in [6.45, 7) is 5.53. The zero-order valence-electron chi connectivity index (χ0n) is 15.3. The van der Waals surface area contributed by atoms with E-state index in [1.807, 2.05) is 0 Å². The molecule has 0 radical (unpaired) electrons. The minimum absolute atomic E-state index is 0.0313. The zero-order valence-corrected chi connectivity index (χ0v) is 15.3. The summed E-state index contributed by atoms with van der Waals surface area (Å²) in [6, 6.07) is 7.12. The molecule has 3 nitrogen and oxygen atoms in total. The van der Waals surface area contributed by atoms with Gasteiger partial charge in [0.25, 0.3) is 0 Å². The maximum Gasteiger partial charge on any atom is 0.136 e. The van der Waals surface area contributed by atoms with Gasteiger partial charge < -0.3 is 9.64 Å². The van der Waals surface area contributed by atoms with E-state index in [1.165, 1.54) is 11.1 Å². The summed E-state index contributed by atoms with van der Waals surface area (Å²) >= 11 is 0. The number of carbonyl (C=O) groups excluding carboxylic acids is 1. The number of Topliss-reactive ketones (excluding diaryl/α,β-unsaturated/α-hetero) is 1. The third kappa shape index (κ3) is 2.03. The first-order valence-electron chi connectivity index (χ1n) is 9.42. The highest BCUT2D eigenvalue weighted by molar-refractivity contribution is 5.84. The molecular formula is C21H29NO2. The van der Waals surface area contributed by atoms with Crippen LogP contribution in [0.15, 0.2) is 18.2 Å². The van der Waals surface area contributed by atoms with Crippen LogP contribution in [0.4, 0.5) is 0 Å². The number of rotatable bonds is 2. The van der Waals surface area contributed by atoms with Crippen LogP contribution in [0.1, 0.15) is 44.2 Å². The Morgan fingerprint density at radius 2 is 2.17 bits per heavy atom. The van der Waals surface area contributed by atoms with Crippen molar-refractivity contribution in [1.29, 1.82) is 0 Å². The van der Waals surface area contributed by atoms with Crippen molar-refractivity contribution in [2.24, 2.45) is 17.8 Å². The standard InChI is InChI=1S/C21H29NO2/c1-5-16-13(2)19(23)12-21-8-9-22(3)18(20(16)21)10-14-6-7-15(24-4)11-17(14)21/h6-7,11,13,16,18,20H,5,8-10,12H2,1-4H3/t13-,16-,18?,20-,21?/m0/s1. The second-order valence-electron chi connectivity index (χ2n) is 8.21. The van der Waals surface area contributed by atoms with Gasteiger partial charge in [0.05, 0.1) is 7.11 Å². The highest BCUT2D eigenvalue weighted by Crippen LogP contribution is 2.58. The quantitative estimate of drug-likeness (QED) is 0.833. The van der Waals surface area contributed by atoms with Crippen LogP contribution in [0.2, 0.25) is 0 Å². The first-order valence-corrected chi connectivity index (χ1v) is 9.42. The summed E-state index contributed by atoms with van der Waals surface area (Å²) in [5, 5.41) is 0. The molecule has 3 heteroatoms. The van der Waals surface area contributed by atoms with E-state index >= 15 is 0 Å². The molecule has 2 unspecified atom stereocenters. The predicted molar refractivity (Wildman–Crippen MR) is 95.5 cm³/mol. The average molecular weight is 327 g/mol. The van der Waals surface area contributed by atoms with Crippen LogP contribution in [0.25, 0.3) is 0 Å². The van der Waals surface area contributed by atoms with E-state index in [0.717, 1.165) is 38.0 Å². The first kappa shape index (κ1) is 16.1. The molecule has 1 saturated carbocycles. The van der Waals surface area contributed by atoms with Crippen LogP contribution >= 0.6 is 0 Å². The van der Waals surface area contributed by atoms with Crippen LogP contribution in [-0.4, -0.2) is 37.4 Å². The van der Waals surface area contributed by atoms with Gasteiger partial charge in [-0.05, 0) is 61.5 Å². The second-order valence-corrected chi connectivity index (χ2v) is 8.21. The minimum Gasteiger partial charge on any atom is -0.497 e. The summed E-state index contributed by atoms with van der Waals surface area (Å²) in [5.41, 5.74) is 2.87. The number of hydrogen-bond donors (Lipinski definition) is 0. The van der Waals surface area contributed by atoms with Gasteiger partial charge in [-0.3, -0.25) is 4.79 Å². The molecule has 0 N–H and O–H groups in total. The number of ketones is 1. The molecule has 3 aliphatic rings. The minimum atomic E-state index is 0.0313. The topological polar surface area (TPSA) is 29.5 Å². The first-order chi connectivity index (χ1) is 11.5. The Labute approximate surface area is 145 Å². The number of benzene rings is 1. The fraction of sp³-hybridized carbons (Fsp3) is 0.667. The van der Waals surface area contributed by atoms with E-state index in [-0.39, 0.29) is 11.3 Å². The molecule has 2 fully saturated rings. The molecule has 24 heavy (non-hydrogen) atoms. The van der Waals surface area contributed by atoms with Crippen molar-refractivity contribution in [2.75, 3.05) is 20.7 Å². The third-order valence-electron chi connectivity index (χ3n) is 7.38. The Morgan fingerprint density at radius 3 is 2.88 bits per heavy atom. The van der Waals surface area contributed by atoms with Gasteiger partial charge in [0, 0.05) is 23.8 Å². The lowest BCUT2D eigenvalue weighted by Gasteiger charge is -2.61. The zero-order chi connectivity index (χ0) is 17.1. The van der Waals surface area contributed by atoms with Crippen LogP contribution < -0.4 is 4.74 Å². The summed E-state index contributed by atoms with van der Waals surface area (Å²) in [6.07, 6.45) is 4.03. The van der Waals surface area contributed by atoms with Crippen molar-refractivity contribution in [2.45, 2.75) is 51.0 Å². The van der Waals surface area contributed by atoms with Gasteiger partial charge in [0.15, 0.2) is 0 Å². The SMILES string of the molecule is CC[C@H]1[C@H](C)C(=O)CC23CCN(C)C(Cc4ccc(OC)cc42)[C@H]13. The van der Waals surface area contributed by atoms with E-state index in [9.17, 15) is 4.79 Å². The number of carbonyl (C=O) groups is 1. The number of fused-ring (bicyclic) bond motifs is 1. The van der Waals surface area contributed by atoms with E-state index in [0.29, 0.717) is 23.7 Å². The van der Waals surface area contributed by atoms with Crippen molar-refractivity contribution >= 4 is 5.78 Å². The molecule has 1 aromatic rings. The molecule has 1 heterocycles. The predicted octanol–water partition coefficient (Wildman–Crippen LogP) is 3.44. The molecular weight excluding hydrogens is 298 g/mol. The fourth-order valence-electron chi connectivity index (χ4n) is 6.12. The molecule has 1 aliphatic heterocycles. The Hall–Kier alpha value is -1.35. The van der Waals surface area contributed by atoms with Gasteiger partial charge in [-0.1, -0.05) is 26.3 Å². The number of likely N-dealkylation sites (tertiary alicyclic amines) is 1. The highest BCUT2D eigenvalue weighted by atomic mass is 16.5. The molecule has 2 aliphatic carbocycles. The van der Waals surface area contributed by atoms with Crippen molar-refractivity contribution < 1.29 is 9.53 Å². The largest absolute Gasteiger partial charge is 0.497 e. The molecule has 0 aromatic heterocycles. The average Bonchev–Trinajstić information content (AvgIpc) is 2.59. The Kier molecular flexibility index (Phi) is 3.76. The molecule has 130 valence electrons. The van der Waals surface area contributed by atoms with Gasteiger partial charge in [0.2, 0.25) is 0 Å². The Morgan fingerprint density at radius 1 is 1.38 bits per heavy atom. The van der Waals surface area contributed by atoms with E-state index in [1.54, 1.807) is 7.11 Å². The molecule has 4 rings (SSSR count). The van der Waals surface area contributed by atoms with Crippen LogP contribution in [0, 0.1) is 17.8 Å².